The Morgan fingerprint density at radius 3 is 0.426 bits per heavy atom. The second-order valence-electron chi connectivity index (χ2n) is 37.6. The molecule has 0 aliphatic carbocycles. The molecule has 0 spiro atoms. The molecule has 0 fully saturated rings. The molecule has 0 saturated carbocycles. The molecule has 0 atom stereocenters. The summed E-state index contributed by atoms with van der Waals surface area (Å²) < 4.78 is 0. The number of rotatable bonds is 114. The lowest BCUT2D eigenvalue weighted by atomic mass is 10.2. The van der Waals surface area contributed by atoms with Crippen LogP contribution >= 0.6 is 0 Å². The molecule has 141 heavy (non-hydrogen) atoms. The van der Waals surface area contributed by atoms with Gasteiger partial charge in [0, 0.05) is 497 Å². The quantitative estimate of drug-likeness (QED) is 0.0251. The van der Waals surface area contributed by atoms with Gasteiger partial charge in [-0.05, 0) is 111 Å². The topological polar surface area (TPSA) is 651 Å². The molecule has 0 heterocycles. The van der Waals surface area contributed by atoms with E-state index in [9.17, 15) is 0 Å². The molecule has 0 saturated heterocycles. The fraction of sp³-hybridized carbons (Fsp3) is 1.00. The maximum atomic E-state index is 6.14. The molecule has 0 unspecified atom stereocenters. The van der Waals surface area contributed by atoms with Gasteiger partial charge in [0.1, 0.15) is 0 Å². The zero-order valence-corrected chi connectivity index (χ0v) is 92.4. The van der Waals surface area contributed by atoms with Crippen molar-refractivity contribution in [1.29, 1.82) is 0 Å². The number of nitrogens with two attached hydrogens (primary N) is 20. The van der Waals surface area contributed by atoms with Gasteiger partial charge in [-0.1, -0.05) is 26.7 Å². The van der Waals surface area contributed by atoms with Gasteiger partial charge in [-0.2, -0.15) is 0 Å². The molecular formula is C97H244N44. The van der Waals surface area contributed by atoms with Crippen LogP contribution in [0.4, 0.5) is 0 Å². The number of nitrogens with one attached hydrogen (secondary N) is 6. The summed E-state index contributed by atoms with van der Waals surface area (Å²) in [7, 11) is 4.05. The predicted molar refractivity (Wildman–Crippen MR) is 609 cm³/mol. The van der Waals surface area contributed by atoms with Gasteiger partial charge < -0.3 is 151 Å². The van der Waals surface area contributed by atoms with E-state index >= 15 is 0 Å². The van der Waals surface area contributed by atoms with E-state index in [1.807, 2.05) is 14.1 Å². The number of nitrogens with zero attached hydrogens (tertiary/aromatic N) is 18. The average Bonchev–Trinajstić information content (AvgIpc) is 0.905. The van der Waals surface area contributed by atoms with E-state index in [2.05, 4.69) is 134 Å². The summed E-state index contributed by atoms with van der Waals surface area (Å²) in [6.07, 6.45) is 11.4. The molecule has 852 valence electrons. The van der Waals surface area contributed by atoms with Crippen molar-refractivity contribution in [2.45, 2.75) is 71.6 Å². The first-order chi connectivity index (χ1) is 69.0. The van der Waals surface area contributed by atoms with Crippen molar-refractivity contribution in [3.63, 3.8) is 0 Å². The summed E-state index contributed by atoms with van der Waals surface area (Å²) in [5.74, 6) is 0. The summed E-state index contributed by atoms with van der Waals surface area (Å²) in [6.45, 7) is 76.0. The van der Waals surface area contributed by atoms with E-state index in [1.54, 1.807) is 0 Å². The lowest BCUT2D eigenvalue weighted by Crippen LogP contribution is -2.50. The smallest absolute Gasteiger partial charge is 0.0110 e. The SMILES string of the molecule is CCCNCCCCCNCCCCCNC.CCCNCCN(CCN)CCN(CCNCCN)CCN(CCNC)CCN(CCN)CCCN.NCCN(CCN)CCN(CCN(CCN)CCN)CCN(CCN(CCN(CCN)CCN)CCN(CCN)CCN)CCN(CCN(CCN(CCN)CCN)CCN(CCN)CCN)CCN(CCN(CCN)CCN)CCN(CCN)CCN. The number of hydrogen-bond acceptors (Lipinski definition) is 44. The van der Waals surface area contributed by atoms with Gasteiger partial charge in [0.2, 0.25) is 0 Å². The normalized spacial score (nSPS) is 12.4. The highest BCUT2D eigenvalue weighted by Crippen LogP contribution is 2.08. The Morgan fingerprint density at radius 2 is 0.255 bits per heavy atom. The van der Waals surface area contributed by atoms with Crippen LogP contribution in [0.3, 0.4) is 0 Å². The third-order valence-electron chi connectivity index (χ3n) is 26.0. The largest absolute Gasteiger partial charge is 0.330 e. The first kappa shape index (κ1) is 143. The molecule has 46 N–H and O–H groups in total. The van der Waals surface area contributed by atoms with Crippen LogP contribution in [0.5, 0.6) is 0 Å². The number of unbranched alkanes of at least 4 members (excludes halogenated alkanes) is 4. The Morgan fingerprint density at radius 1 is 0.113 bits per heavy atom. The molecule has 0 aliphatic rings. The minimum absolute atomic E-state index is 0.591. The Kier molecular flexibility index (Phi) is 116. The third-order valence-corrected chi connectivity index (χ3v) is 26.0. The van der Waals surface area contributed by atoms with Crippen molar-refractivity contribution in [2.75, 3.05) is 564 Å². The van der Waals surface area contributed by atoms with Crippen molar-refractivity contribution < 1.29 is 0 Å². The molecule has 0 aromatic rings. The van der Waals surface area contributed by atoms with Crippen molar-refractivity contribution in [2.24, 2.45) is 115 Å². The van der Waals surface area contributed by atoms with Gasteiger partial charge in [-0.25, -0.2) is 0 Å². The highest BCUT2D eigenvalue weighted by atomic mass is 15.3. The number of likely N-dealkylation sites (N-methyl/N-ethyl adjacent to an activating group) is 1. The molecule has 0 aliphatic heterocycles. The van der Waals surface area contributed by atoms with Gasteiger partial charge in [0.05, 0.1) is 0 Å². The summed E-state index contributed by atoms with van der Waals surface area (Å²) in [6, 6.07) is 0. The van der Waals surface area contributed by atoms with Gasteiger partial charge in [0.25, 0.3) is 0 Å². The van der Waals surface area contributed by atoms with Gasteiger partial charge >= 0.3 is 0 Å². The van der Waals surface area contributed by atoms with Crippen molar-refractivity contribution in [3.05, 3.63) is 0 Å². The van der Waals surface area contributed by atoms with Crippen LogP contribution in [0.25, 0.3) is 0 Å². The lowest BCUT2D eigenvalue weighted by molar-refractivity contribution is 0.115. The van der Waals surface area contributed by atoms with Crippen molar-refractivity contribution >= 4 is 0 Å². The van der Waals surface area contributed by atoms with E-state index in [-0.39, 0.29) is 0 Å². The standard InChI is InChI=1S/C58H148N30.C25H63N11.C14H33N3/c59-1-17-75(18-2-60)33-41-83(42-34-76(19-3-61)20-4-62)49-53-87(54-50-84(43-35-77(21-5-63)22-6-64)44-36-78(23-7-65)24-8-66)57-58-88(55-51-85(45-37-79(25-9-67)26-10-68)46-38-80(27-11-69)28-12-70)56-52-86(47-39-81(29-13-71)30-14-72)48-40-82(31-15-73)32-16-74;1-3-9-31-12-18-34(16-8-29)21-23-36(19-13-32-10-6-27)25-24-35(17-11-30-2)22-20-33(15-7-28)14-4-5-26;1-3-10-16-12-8-5-9-14-17-13-7-4-6-11-15-2/h1-74H2;30-32H,3-29H2,1-2H3;15-17H,3-14H2,1-2H3. The Bertz CT molecular complexity index is 2010. The maximum absolute atomic E-state index is 6.14. The van der Waals surface area contributed by atoms with Crippen LogP contribution in [0.15, 0.2) is 0 Å². The van der Waals surface area contributed by atoms with Gasteiger partial charge in [-0.15, -0.1) is 0 Å². The zero-order chi connectivity index (χ0) is 104. The minimum Gasteiger partial charge on any atom is -0.330 e. The Hall–Kier alpha value is -1.76. The molecule has 0 aromatic carbocycles. The summed E-state index contributed by atoms with van der Waals surface area (Å²) in [5.41, 5.74) is 121. The van der Waals surface area contributed by atoms with E-state index in [4.69, 9.17) is 115 Å². The first-order valence-corrected chi connectivity index (χ1v) is 56.2. The molecular weight excluding hydrogens is 1780 g/mol. The van der Waals surface area contributed by atoms with Gasteiger partial charge in [0.15, 0.2) is 0 Å². The predicted octanol–water partition coefficient (Wildman–Crippen LogP) is -12.1. The highest BCUT2D eigenvalue weighted by molar-refractivity contribution is 4.81. The Labute approximate surface area is 866 Å². The third kappa shape index (κ3) is 92.8. The van der Waals surface area contributed by atoms with Crippen LogP contribution in [0.1, 0.15) is 71.6 Å². The van der Waals surface area contributed by atoms with E-state index in [0.717, 1.165) is 406 Å². The second-order valence-corrected chi connectivity index (χ2v) is 37.6. The average molecular weight is 2030 g/mol. The summed E-state index contributed by atoms with van der Waals surface area (Å²) in [4.78, 5) is 45.2. The molecule has 0 amide bonds. The number of hydrogen-bond donors (Lipinski definition) is 26. The highest BCUT2D eigenvalue weighted by Gasteiger charge is 2.23. The van der Waals surface area contributed by atoms with Crippen LogP contribution in [0, 0.1) is 0 Å². The second kappa shape index (κ2) is 114. The van der Waals surface area contributed by atoms with Gasteiger partial charge in [-0.3, -0.25) is 83.3 Å². The molecule has 0 bridgehead atoms. The fourth-order valence-electron chi connectivity index (χ4n) is 17.3. The monoisotopic (exact) mass is 2030 g/mol. The fourth-order valence-corrected chi connectivity index (χ4v) is 17.3. The van der Waals surface area contributed by atoms with Crippen LogP contribution in [-0.2, 0) is 0 Å². The minimum atomic E-state index is 0.591. The Balaban J connectivity index is -0.00000290. The molecule has 0 aromatic heterocycles. The summed E-state index contributed by atoms with van der Waals surface area (Å²) >= 11 is 0. The molecule has 0 rings (SSSR count). The molecule has 44 heteroatoms. The summed E-state index contributed by atoms with van der Waals surface area (Å²) in [5, 5.41) is 20.4. The van der Waals surface area contributed by atoms with Crippen LogP contribution < -0.4 is 147 Å². The van der Waals surface area contributed by atoms with E-state index < -0.39 is 0 Å². The molecule has 0 radical (unpaired) electrons. The first-order valence-electron chi connectivity index (χ1n) is 56.2. The maximum Gasteiger partial charge on any atom is 0.0110 e. The van der Waals surface area contributed by atoms with Crippen molar-refractivity contribution in [1.82, 2.24) is 120 Å². The molecule has 44 nitrogen and oxygen atoms in total. The van der Waals surface area contributed by atoms with Crippen LogP contribution in [0.2, 0.25) is 0 Å². The van der Waals surface area contributed by atoms with Crippen molar-refractivity contribution in [3.8, 4) is 0 Å². The van der Waals surface area contributed by atoms with Crippen LogP contribution in [-0.4, -0.2) is 652 Å². The van der Waals surface area contributed by atoms with E-state index in [1.165, 1.54) is 77.5 Å². The lowest BCUT2D eigenvalue weighted by Gasteiger charge is -2.36. The zero-order valence-electron chi connectivity index (χ0n) is 92.4. The van der Waals surface area contributed by atoms with E-state index in [0.29, 0.717) is 124 Å².